The van der Waals surface area contributed by atoms with Crippen LogP contribution in [-0.2, 0) is 21.4 Å². The number of sulfonamides is 1. The van der Waals surface area contributed by atoms with Crippen molar-refractivity contribution in [3.8, 4) is 11.8 Å². The Balaban J connectivity index is 1.56. The Morgan fingerprint density at radius 3 is 2.45 bits per heavy atom. The van der Waals surface area contributed by atoms with Gasteiger partial charge in [-0.1, -0.05) is 24.3 Å². The number of nitrogens with zero attached hydrogens (tertiary/aromatic N) is 2. The molecule has 0 unspecified atom stereocenters. The molecule has 1 aliphatic heterocycles. The fourth-order valence-corrected chi connectivity index (χ4v) is 4.97. The van der Waals surface area contributed by atoms with Crippen molar-refractivity contribution in [3.63, 3.8) is 0 Å². The van der Waals surface area contributed by atoms with Gasteiger partial charge in [-0.05, 0) is 42.7 Å². The van der Waals surface area contributed by atoms with E-state index in [1.165, 1.54) is 16.4 Å². The van der Waals surface area contributed by atoms with Crippen LogP contribution >= 0.6 is 0 Å². The summed E-state index contributed by atoms with van der Waals surface area (Å²) in [5.74, 6) is 0.452. The number of nitrogens with one attached hydrogen (secondary N) is 1. The van der Waals surface area contributed by atoms with E-state index in [-0.39, 0.29) is 35.4 Å². The number of piperidine rings is 1. The first-order chi connectivity index (χ1) is 14.0. The molecule has 1 aliphatic rings. The minimum absolute atomic E-state index is 0.0184. The molecule has 0 aromatic heterocycles. The monoisotopic (exact) mass is 413 g/mol. The van der Waals surface area contributed by atoms with Crippen molar-refractivity contribution in [1.82, 2.24) is 9.62 Å². The standard InChI is InChI=1S/C21H23N3O4S/c1-28-19-8-6-16(7-9-19)15-23-21(25)17-10-12-24(13-11-17)29(26,27)20-5-3-2-4-18(20)14-22/h2-9,17H,10-13,15H2,1H3,(H,23,25). The molecule has 1 N–H and O–H groups in total. The summed E-state index contributed by atoms with van der Waals surface area (Å²) in [6.07, 6.45) is 0.894. The first-order valence-corrected chi connectivity index (χ1v) is 10.8. The lowest BCUT2D eigenvalue weighted by Crippen LogP contribution is -2.43. The van der Waals surface area contributed by atoms with Crippen LogP contribution in [0.25, 0.3) is 0 Å². The Morgan fingerprint density at radius 1 is 1.17 bits per heavy atom. The summed E-state index contributed by atoms with van der Waals surface area (Å²) >= 11 is 0. The second-order valence-electron chi connectivity index (χ2n) is 6.85. The normalized spacial score (nSPS) is 15.4. The highest BCUT2D eigenvalue weighted by atomic mass is 32.2. The zero-order chi connectivity index (χ0) is 20.9. The van der Waals surface area contributed by atoms with Crippen molar-refractivity contribution in [2.75, 3.05) is 20.2 Å². The maximum absolute atomic E-state index is 12.9. The quantitative estimate of drug-likeness (QED) is 0.783. The van der Waals surface area contributed by atoms with Crippen molar-refractivity contribution in [3.05, 3.63) is 59.7 Å². The Bertz CT molecular complexity index is 1000. The molecule has 2 aromatic rings. The van der Waals surface area contributed by atoms with E-state index < -0.39 is 10.0 Å². The number of ether oxygens (including phenoxy) is 1. The van der Waals surface area contributed by atoms with Crippen molar-refractivity contribution < 1.29 is 17.9 Å². The van der Waals surface area contributed by atoms with E-state index in [0.717, 1.165) is 11.3 Å². The summed E-state index contributed by atoms with van der Waals surface area (Å²) in [5, 5.41) is 12.1. The number of benzene rings is 2. The molecule has 152 valence electrons. The van der Waals surface area contributed by atoms with E-state index in [1.807, 2.05) is 30.3 Å². The minimum atomic E-state index is -3.75. The van der Waals surface area contributed by atoms with Crippen LogP contribution in [0.2, 0.25) is 0 Å². The highest BCUT2D eigenvalue weighted by molar-refractivity contribution is 7.89. The van der Waals surface area contributed by atoms with Crippen LogP contribution in [0.5, 0.6) is 5.75 Å². The van der Waals surface area contributed by atoms with E-state index in [2.05, 4.69) is 5.32 Å². The molecular formula is C21H23N3O4S. The highest BCUT2D eigenvalue weighted by Gasteiger charge is 2.33. The summed E-state index contributed by atoms with van der Waals surface area (Å²) < 4.78 is 32.2. The van der Waals surface area contributed by atoms with Crippen LogP contribution in [0.3, 0.4) is 0 Å². The van der Waals surface area contributed by atoms with E-state index in [0.29, 0.717) is 19.4 Å². The number of nitriles is 1. The van der Waals surface area contributed by atoms with Gasteiger partial charge in [-0.15, -0.1) is 0 Å². The molecular weight excluding hydrogens is 390 g/mol. The molecule has 0 spiro atoms. The molecule has 3 rings (SSSR count). The Morgan fingerprint density at radius 2 is 1.83 bits per heavy atom. The van der Waals surface area contributed by atoms with Gasteiger partial charge in [0.25, 0.3) is 0 Å². The third-order valence-electron chi connectivity index (χ3n) is 5.08. The lowest BCUT2D eigenvalue weighted by molar-refractivity contribution is -0.126. The molecule has 1 amide bonds. The smallest absolute Gasteiger partial charge is 0.244 e. The van der Waals surface area contributed by atoms with Crippen LogP contribution in [-0.4, -0.2) is 38.8 Å². The summed E-state index contributed by atoms with van der Waals surface area (Å²) in [7, 11) is -2.15. The summed E-state index contributed by atoms with van der Waals surface area (Å²) in [5.41, 5.74) is 1.10. The van der Waals surface area contributed by atoms with Gasteiger partial charge in [-0.25, -0.2) is 8.42 Å². The van der Waals surface area contributed by atoms with E-state index in [1.54, 1.807) is 19.2 Å². The predicted octanol–water partition coefficient (Wildman–Crippen LogP) is 2.28. The van der Waals surface area contributed by atoms with Crippen molar-refractivity contribution in [2.24, 2.45) is 5.92 Å². The molecule has 0 saturated carbocycles. The molecule has 1 heterocycles. The minimum Gasteiger partial charge on any atom is -0.497 e. The first-order valence-electron chi connectivity index (χ1n) is 9.35. The number of carbonyl (C=O) groups is 1. The van der Waals surface area contributed by atoms with Crippen LogP contribution in [0.1, 0.15) is 24.0 Å². The number of hydrogen-bond donors (Lipinski definition) is 1. The third kappa shape index (κ3) is 4.75. The Hall–Kier alpha value is -2.89. The molecule has 29 heavy (non-hydrogen) atoms. The zero-order valence-corrected chi connectivity index (χ0v) is 17.0. The molecule has 8 heteroatoms. The van der Waals surface area contributed by atoms with Gasteiger partial charge >= 0.3 is 0 Å². The predicted molar refractivity (Wildman–Crippen MR) is 107 cm³/mol. The van der Waals surface area contributed by atoms with Gasteiger partial charge in [0.1, 0.15) is 11.8 Å². The molecule has 0 radical (unpaired) electrons. The summed E-state index contributed by atoms with van der Waals surface area (Å²) in [6.45, 7) is 0.919. The number of carbonyl (C=O) groups excluding carboxylic acids is 1. The Kier molecular flexibility index (Phi) is 6.52. The molecule has 0 atom stereocenters. The fourth-order valence-electron chi connectivity index (χ4n) is 3.36. The number of amides is 1. The van der Waals surface area contributed by atoms with E-state index in [4.69, 9.17) is 4.74 Å². The van der Waals surface area contributed by atoms with Crippen LogP contribution in [0.15, 0.2) is 53.4 Å². The lowest BCUT2D eigenvalue weighted by atomic mass is 9.97. The third-order valence-corrected chi connectivity index (χ3v) is 7.03. The second-order valence-corrected chi connectivity index (χ2v) is 8.76. The van der Waals surface area contributed by atoms with Gasteiger partial charge in [-0.2, -0.15) is 9.57 Å². The summed E-state index contributed by atoms with van der Waals surface area (Å²) in [4.78, 5) is 12.5. The molecule has 1 saturated heterocycles. The number of hydrogen-bond acceptors (Lipinski definition) is 5. The highest BCUT2D eigenvalue weighted by Crippen LogP contribution is 2.25. The van der Waals surface area contributed by atoms with E-state index >= 15 is 0 Å². The van der Waals surface area contributed by atoms with Gasteiger partial charge in [-0.3, -0.25) is 4.79 Å². The SMILES string of the molecule is COc1ccc(CNC(=O)C2CCN(S(=O)(=O)c3ccccc3C#N)CC2)cc1. The first kappa shape index (κ1) is 20.8. The van der Waals surface area contributed by atoms with Crippen LogP contribution < -0.4 is 10.1 Å². The zero-order valence-electron chi connectivity index (χ0n) is 16.2. The molecule has 7 nitrogen and oxygen atoms in total. The molecule has 0 bridgehead atoms. The maximum Gasteiger partial charge on any atom is 0.244 e. The van der Waals surface area contributed by atoms with Crippen molar-refractivity contribution in [2.45, 2.75) is 24.3 Å². The molecule has 1 fully saturated rings. The van der Waals surface area contributed by atoms with Gasteiger partial charge < -0.3 is 10.1 Å². The fraction of sp³-hybridized carbons (Fsp3) is 0.333. The number of rotatable bonds is 6. The Labute approximate surface area is 171 Å². The largest absolute Gasteiger partial charge is 0.497 e. The van der Waals surface area contributed by atoms with Crippen LogP contribution in [0, 0.1) is 17.2 Å². The average Bonchev–Trinajstić information content (AvgIpc) is 2.77. The van der Waals surface area contributed by atoms with Gasteiger partial charge in [0.05, 0.1) is 17.6 Å². The van der Waals surface area contributed by atoms with Crippen molar-refractivity contribution in [1.29, 1.82) is 5.26 Å². The topological polar surface area (TPSA) is 99.5 Å². The second kappa shape index (κ2) is 9.07. The van der Waals surface area contributed by atoms with Gasteiger partial charge in [0.2, 0.25) is 15.9 Å². The van der Waals surface area contributed by atoms with Gasteiger partial charge in [0.15, 0.2) is 0 Å². The molecule has 0 aliphatic carbocycles. The van der Waals surface area contributed by atoms with Gasteiger partial charge in [0, 0.05) is 25.6 Å². The average molecular weight is 413 g/mol. The molecule has 2 aromatic carbocycles. The maximum atomic E-state index is 12.9. The lowest BCUT2D eigenvalue weighted by Gasteiger charge is -2.30. The summed E-state index contributed by atoms with van der Waals surface area (Å²) in [6, 6.07) is 15.6. The van der Waals surface area contributed by atoms with Crippen LogP contribution in [0.4, 0.5) is 0 Å². The van der Waals surface area contributed by atoms with E-state index in [9.17, 15) is 18.5 Å². The van der Waals surface area contributed by atoms with Crippen molar-refractivity contribution >= 4 is 15.9 Å². The number of methoxy groups -OCH3 is 1.